The van der Waals surface area contributed by atoms with E-state index >= 15 is 0 Å². The van der Waals surface area contributed by atoms with Crippen LogP contribution in [0.1, 0.15) is 107 Å². The van der Waals surface area contributed by atoms with Gasteiger partial charge in [0.05, 0.1) is 41.1 Å². The van der Waals surface area contributed by atoms with Gasteiger partial charge in [0.2, 0.25) is 0 Å². The van der Waals surface area contributed by atoms with Crippen LogP contribution in [0.3, 0.4) is 0 Å². The van der Waals surface area contributed by atoms with Crippen molar-refractivity contribution in [2.75, 3.05) is 6.61 Å². The number of carbonyl (C=O) groups excluding carboxylic acids is 6. The topological polar surface area (TPSA) is 149 Å². The van der Waals surface area contributed by atoms with Crippen molar-refractivity contribution in [3.8, 4) is 0 Å². The number of rotatable bonds is 7. The highest BCUT2D eigenvalue weighted by Crippen LogP contribution is 2.69. The molecule has 0 aromatic heterocycles. The molecule has 11 heteroatoms. The number of fused-ring (bicyclic) bond motifs is 5. The van der Waals surface area contributed by atoms with E-state index in [1.54, 1.807) is 6.92 Å². The van der Waals surface area contributed by atoms with Crippen molar-refractivity contribution in [1.82, 2.24) is 0 Å². The number of esters is 6. The molecular formula is C38H52O11. The fourth-order valence-corrected chi connectivity index (χ4v) is 12.0. The molecule has 11 atom stereocenters. The Kier molecular flexibility index (Phi) is 7.74. The molecule has 6 saturated carbocycles. The summed E-state index contributed by atoms with van der Waals surface area (Å²) in [6, 6.07) is 0. The normalized spacial score (nSPS) is 44.0. The summed E-state index contributed by atoms with van der Waals surface area (Å²) in [6.45, 7) is 15.0. The lowest BCUT2D eigenvalue weighted by Crippen LogP contribution is -2.66. The lowest BCUT2D eigenvalue weighted by Gasteiger charge is -2.63. The minimum atomic E-state index is -1.16. The standard InChI is InChI=1S/C38H52O11/c1-18-21(23-10-22(18)27-25(23)14-45-30(27)41)9-24(26-19(2)28(39)46-31(26)42)29(40)47-38-13-20-11-36(16-38,32(43)48-34(3,4)5)15-37(12-20,17-38)33(44)49-35(6,7)8/h18-27H,9-17H2,1-8H3. The van der Waals surface area contributed by atoms with Crippen LogP contribution in [0, 0.1) is 70.0 Å². The van der Waals surface area contributed by atoms with Crippen molar-refractivity contribution in [3.63, 3.8) is 0 Å². The number of hydrogen-bond donors (Lipinski definition) is 0. The minimum absolute atomic E-state index is 0.0200. The van der Waals surface area contributed by atoms with Crippen molar-refractivity contribution in [1.29, 1.82) is 0 Å². The molecule has 11 unspecified atom stereocenters. The number of cyclic esters (lactones) is 3. The molecule has 0 amide bonds. The maximum absolute atomic E-state index is 14.7. The summed E-state index contributed by atoms with van der Waals surface area (Å²) in [5.41, 5.74) is -4.76. The molecular weight excluding hydrogens is 632 g/mol. The van der Waals surface area contributed by atoms with Gasteiger partial charge in [-0.2, -0.15) is 0 Å². The highest BCUT2D eigenvalue weighted by atomic mass is 16.6. The summed E-state index contributed by atoms with van der Waals surface area (Å²) in [4.78, 5) is 81.3. The molecule has 270 valence electrons. The van der Waals surface area contributed by atoms with Crippen LogP contribution in [-0.2, 0) is 52.5 Å². The third kappa shape index (κ3) is 5.60. The Hall–Kier alpha value is -2.98. The van der Waals surface area contributed by atoms with Gasteiger partial charge in [0.15, 0.2) is 0 Å². The van der Waals surface area contributed by atoms with Gasteiger partial charge in [0.1, 0.15) is 16.8 Å². The first-order valence-electron chi connectivity index (χ1n) is 18.3. The number of ether oxygens (including phenoxy) is 5. The first kappa shape index (κ1) is 34.5. The smallest absolute Gasteiger partial charge is 0.318 e. The van der Waals surface area contributed by atoms with Crippen molar-refractivity contribution in [3.05, 3.63) is 0 Å². The predicted molar refractivity (Wildman–Crippen MR) is 171 cm³/mol. The molecule has 8 fully saturated rings. The van der Waals surface area contributed by atoms with Gasteiger partial charge in [-0.25, -0.2) is 0 Å². The van der Waals surface area contributed by atoms with Crippen LogP contribution in [0.4, 0.5) is 0 Å². The molecule has 0 spiro atoms. The zero-order valence-electron chi connectivity index (χ0n) is 30.1. The molecule has 2 heterocycles. The zero-order chi connectivity index (χ0) is 35.6. The van der Waals surface area contributed by atoms with Crippen molar-refractivity contribution < 1.29 is 52.5 Å². The van der Waals surface area contributed by atoms with E-state index in [1.165, 1.54) is 0 Å². The predicted octanol–water partition coefficient (Wildman–Crippen LogP) is 4.96. The Morgan fingerprint density at radius 1 is 0.796 bits per heavy atom. The van der Waals surface area contributed by atoms with Crippen molar-refractivity contribution >= 4 is 35.8 Å². The Bertz CT molecular complexity index is 1440. The van der Waals surface area contributed by atoms with E-state index in [1.807, 2.05) is 41.5 Å². The molecule has 0 radical (unpaired) electrons. The molecule has 0 aromatic rings. The summed E-state index contributed by atoms with van der Waals surface area (Å²) in [5.74, 6) is -5.45. The second-order valence-electron chi connectivity index (χ2n) is 19.0. The quantitative estimate of drug-likeness (QED) is 0.204. The second kappa shape index (κ2) is 11.0. The highest BCUT2D eigenvalue weighted by Gasteiger charge is 2.71. The van der Waals surface area contributed by atoms with Crippen LogP contribution < -0.4 is 0 Å². The van der Waals surface area contributed by atoms with E-state index in [9.17, 15) is 28.8 Å². The number of carbonyl (C=O) groups is 6. The molecule has 0 aromatic carbocycles. The first-order valence-corrected chi connectivity index (χ1v) is 18.3. The third-order valence-electron chi connectivity index (χ3n) is 13.3. The van der Waals surface area contributed by atoms with Crippen LogP contribution in [0.5, 0.6) is 0 Å². The average molecular weight is 685 g/mol. The molecule has 11 nitrogen and oxygen atoms in total. The highest BCUT2D eigenvalue weighted by molar-refractivity contribution is 5.98. The molecule has 49 heavy (non-hydrogen) atoms. The Morgan fingerprint density at radius 3 is 1.92 bits per heavy atom. The van der Waals surface area contributed by atoms with Crippen LogP contribution in [0.25, 0.3) is 0 Å². The van der Waals surface area contributed by atoms with E-state index in [0.29, 0.717) is 32.3 Å². The second-order valence-corrected chi connectivity index (χ2v) is 19.0. The van der Waals surface area contributed by atoms with Crippen LogP contribution in [-0.4, -0.2) is 59.2 Å². The monoisotopic (exact) mass is 684 g/mol. The molecule has 8 aliphatic rings. The molecule has 2 aliphatic heterocycles. The maximum atomic E-state index is 14.7. The van der Waals surface area contributed by atoms with E-state index in [-0.39, 0.29) is 66.7 Å². The summed E-state index contributed by atoms with van der Waals surface area (Å²) in [7, 11) is 0. The molecule has 6 aliphatic carbocycles. The summed E-state index contributed by atoms with van der Waals surface area (Å²) >= 11 is 0. The average Bonchev–Trinajstić information content (AvgIpc) is 3.66. The lowest BCUT2D eigenvalue weighted by molar-refractivity contribution is -0.243. The fourth-order valence-electron chi connectivity index (χ4n) is 12.0. The molecule has 2 saturated heterocycles. The Morgan fingerprint density at radius 2 is 1.39 bits per heavy atom. The van der Waals surface area contributed by atoms with E-state index in [2.05, 4.69) is 6.92 Å². The summed E-state index contributed by atoms with van der Waals surface area (Å²) in [5, 5.41) is 0. The number of hydrogen-bond acceptors (Lipinski definition) is 11. The van der Waals surface area contributed by atoms with Crippen LogP contribution in [0.15, 0.2) is 0 Å². The van der Waals surface area contributed by atoms with Gasteiger partial charge in [-0.3, -0.25) is 28.8 Å². The van der Waals surface area contributed by atoms with E-state index in [4.69, 9.17) is 23.7 Å². The van der Waals surface area contributed by atoms with Gasteiger partial charge in [0, 0.05) is 18.8 Å². The van der Waals surface area contributed by atoms with Gasteiger partial charge in [-0.15, -0.1) is 0 Å². The third-order valence-corrected chi connectivity index (χ3v) is 13.3. The maximum Gasteiger partial charge on any atom is 0.318 e. The zero-order valence-corrected chi connectivity index (χ0v) is 30.1. The minimum Gasteiger partial charge on any atom is -0.465 e. The SMILES string of the molecule is CC1C(=O)OC(=O)C1C(CC1C(C)C2CC1C1COC(=O)C21)C(=O)OC12CC3CC(C(=O)OC(C)(C)C)(C1)CC(C(=O)OC(C)(C)C)(C3)C2. The van der Waals surface area contributed by atoms with Gasteiger partial charge >= 0.3 is 35.8 Å². The first-order chi connectivity index (χ1) is 22.7. The Labute approximate surface area is 288 Å². The van der Waals surface area contributed by atoms with Crippen LogP contribution >= 0.6 is 0 Å². The van der Waals surface area contributed by atoms with E-state index < -0.39 is 75.2 Å². The van der Waals surface area contributed by atoms with Gasteiger partial charge in [-0.1, -0.05) is 13.8 Å². The Balaban J connectivity index is 1.22. The van der Waals surface area contributed by atoms with E-state index in [0.717, 1.165) is 6.42 Å². The molecule has 8 rings (SSSR count). The van der Waals surface area contributed by atoms with Gasteiger partial charge < -0.3 is 23.7 Å². The molecule has 6 bridgehead atoms. The summed E-state index contributed by atoms with van der Waals surface area (Å²) in [6.07, 6.45) is 3.41. The lowest BCUT2D eigenvalue weighted by atomic mass is 9.42. The van der Waals surface area contributed by atoms with Gasteiger partial charge in [0.25, 0.3) is 0 Å². The molecule has 0 N–H and O–H groups in total. The fraction of sp³-hybridized carbons (Fsp3) is 0.842. The largest absolute Gasteiger partial charge is 0.465 e. The van der Waals surface area contributed by atoms with Crippen molar-refractivity contribution in [2.24, 2.45) is 70.0 Å². The van der Waals surface area contributed by atoms with Gasteiger partial charge in [-0.05, 0) is 110 Å². The summed E-state index contributed by atoms with van der Waals surface area (Å²) < 4.78 is 29.1. The van der Waals surface area contributed by atoms with Crippen LogP contribution in [0.2, 0.25) is 0 Å². The van der Waals surface area contributed by atoms with Crippen molar-refractivity contribution in [2.45, 2.75) is 124 Å².